The van der Waals surface area contributed by atoms with E-state index in [4.69, 9.17) is 16.6 Å². The third-order valence-electron chi connectivity index (χ3n) is 6.04. The van der Waals surface area contributed by atoms with Gasteiger partial charge in [-0.15, -0.1) is 0 Å². The molecule has 2 aromatic rings. The number of aromatic hydroxyl groups is 2. The van der Waals surface area contributed by atoms with Gasteiger partial charge in [-0.25, -0.2) is 4.79 Å². The van der Waals surface area contributed by atoms with E-state index in [-0.39, 0.29) is 37.2 Å². The van der Waals surface area contributed by atoms with Crippen molar-refractivity contribution in [2.24, 2.45) is 11.5 Å². The highest BCUT2D eigenvalue weighted by Gasteiger charge is 2.31. The highest BCUT2D eigenvalue weighted by molar-refractivity contribution is 5.95. The van der Waals surface area contributed by atoms with Gasteiger partial charge in [-0.05, 0) is 48.2 Å². The third-order valence-corrected chi connectivity index (χ3v) is 6.04. The number of hydrogen-bond donors (Lipinski definition) is 9. The van der Waals surface area contributed by atoms with Crippen molar-refractivity contribution in [3.05, 3.63) is 59.7 Å². The van der Waals surface area contributed by atoms with Crippen LogP contribution in [0.4, 0.5) is 0 Å². The quantitative estimate of drug-likeness (QED) is 0.109. The Morgan fingerprint density at radius 3 is 1.60 bits per heavy atom. The number of amides is 4. The Labute approximate surface area is 239 Å². The molecule has 0 spiro atoms. The van der Waals surface area contributed by atoms with Gasteiger partial charge in [-0.3, -0.25) is 24.0 Å². The van der Waals surface area contributed by atoms with Crippen LogP contribution < -0.4 is 27.4 Å². The number of carboxylic acid groups (broad SMARTS) is 2. The molecule has 2 rings (SSSR count). The molecule has 0 heterocycles. The second-order valence-corrected chi connectivity index (χ2v) is 9.47. The summed E-state index contributed by atoms with van der Waals surface area (Å²) in [6, 6.07) is 5.90. The van der Waals surface area contributed by atoms with Gasteiger partial charge in [0, 0.05) is 12.8 Å². The average Bonchev–Trinajstić information content (AvgIpc) is 2.91. The van der Waals surface area contributed by atoms with Crippen molar-refractivity contribution in [3.8, 4) is 11.5 Å². The van der Waals surface area contributed by atoms with Crippen LogP contribution >= 0.6 is 0 Å². The van der Waals surface area contributed by atoms with Gasteiger partial charge in [0.15, 0.2) is 0 Å². The second-order valence-electron chi connectivity index (χ2n) is 9.47. The van der Waals surface area contributed by atoms with Crippen molar-refractivity contribution in [1.29, 1.82) is 0 Å². The smallest absolute Gasteiger partial charge is 0.326 e. The number of nitrogens with two attached hydrogens (primary N) is 2. The van der Waals surface area contributed by atoms with E-state index in [1.807, 2.05) is 5.32 Å². The van der Waals surface area contributed by atoms with Crippen LogP contribution in [0.5, 0.6) is 11.5 Å². The highest BCUT2D eigenvalue weighted by Crippen LogP contribution is 2.13. The number of aliphatic carboxylic acids is 2. The molecule has 11 N–H and O–H groups in total. The Morgan fingerprint density at radius 1 is 0.667 bits per heavy atom. The van der Waals surface area contributed by atoms with Gasteiger partial charge >= 0.3 is 11.9 Å². The summed E-state index contributed by atoms with van der Waals surface area (Å²) >= 11 is 0. The van der Waals surface area contributed by atoms with E-state index in [1.54, 1.807) is 12.1 Å². The van der Waals surface area contributed by atoms with Crippen LogP contribution in [0.1, 0.15) is 30.4 Å². The zero-order valence-corrected chi connectivity index (χ0v) is 22.4. The second kappa shape index (κ2) is 15.6. The molecule has 4 atom stereocenters. The van der Waals surface area contributed by atoms with Crippen molar-refractivity contribution in [2.45, 2.75) is 56.3 Å². The van der Waals surface area contributed by atoms with E-state index >= 15 is 0 Å². The minimum Gasteiger partial charge on any atom is -0.508 e. The summed E-state index contributed by atoms with van der Waals surface area (Å²) in [6.45, 7) is 0. The van der Waals surface area contributed by atoms with E-state index in [0.29, 0.717) is 11.1 Å². The molecule has 0 saturated carbocycles. The van der Waals surface area contributed by atoms with Crippen LogP contribution in [-0.2, 0) is 41.6 Å². The van der Waals surface area contributed by atoms with Crippen LogP contribution in [0.25, 0.3) is 0 Å². The molecule has 42 heavy (non-hydrogen) atoms. The van der Waals surface area contributed by atoms with Crippen molar-refractivity contribution < 1.29 is 49.2 Å². The molecule has 4 amide bonds. The zero-order chi connectivity index (χ0) is 31.4. The van der Waals surface area contributed by atoms with Gasteiger partial charge in [0.1, 0.15) is 29.6 Å². The molecule has 226 valence electrons. The maximum absolute atomic E-state index is 13.4. The Morgan fingerprint density at radius 2 is 1.12 bits per heavy atom. The van der Waals surface area contributed by atoms with Gasteiger partial charge in [-0.1, -0.05) is 24.3 Å². The number of hydrogen-bond acceptors (Lipinski definition) is 9. The summed E-state index contributed by atoms with van der Waals surface area (Å²) in [4.78, 5) is 73.0. The summed E-state index contributed by atoms with van der Waals surface area (Å²) in [7, 11) is 0. The first-order valence-electron chi connectivity index (χ1n) is 12.7. The number of carbonyl (C=O) groups excluding carboxylic acids is 4. The van der Waals surface area contributed by atoms with E-state index < -0.39 is 66.2 Å². The molecule has 0 bridgehead atoms. The van der Waals surface area contributed by atoms with Gasteiger partial charge in [0.25, 0.3) is 0 Å². The summed E-state index contributed by atoms with van der Waals surface area (Å²) in [5, 5.41) is 44.2. The van der Waals surface area contributed by atoms with E-state index in [2.05, 4.69) is 10.6 Å². The number of phenolic OH excluding ortho intramolecular Hbond substituents is 2. The highest BCUT2D eigenvalue weighted by atomic mass is 16.4. The minimum absolute atomic E-state index is 0.0231. The molecule has 2 aromatic carbocycles. The fourth-order valence-corrected chi connectivity index (χ4v) is 3.81. The molecular weight excluding hydrogens is 554 g/mol. The zero-order valence-electron chi connectivity index (χ0n) is 22.4. The Kier molecular flexibility index (Phi) is 12.2. The van der Waals surface area contributed by atoms with Crippen molar-refractivity contribution in [1.82, 2.24) is 16.0 Å². The van der Waals surface area contributed by atoms with Crippen molar-refractivity contribution in [3.63, 3.8) is 0 Å². The maximum Gasteiger partial charge on any atom is 0.326 e. The van der Waals surface area contributed by atoms with Gasteiger partial charge in [-0.2, -0.15) is 0 Å². The number of benzene rings is 2. The van der Waals surface area contributed by atoms with Crippen LogP contribution in [0.2, 0.25) is 0 Å². The molecule has 0 fully saturated rings. The standard InChI is InChI=1S/C27H33N5O10/c28-18(11-14-1-5-16(33)6-2-14)24(38)31-20(12-15-3-7-17(34)8-4-15)26(40)30-19(9-10-22(29)35)25(39)32-21(27(41)42)13-23(36)37/h1-8,18-21,33-34H,9-13,28H2,(H2,29,35)(H,30,40)(H,31,38)(H,32,39)(H,36,37)(H,41,42). The molecule has 15 heteroatoms. The lowest BCUT2D eigenvalue weighted by Gasteiger charge is -2.25. The van der Waals surface area contributed by atoms with Gasteiger partial charge in [0.05, 0.1) is 12.5 Å². The van der Waals surface area contributed by atoms with Gasteiger partial charge < -0.3 is 47.8 Å². The summed E-state index contributed by atoms with van der Waals surface area (Å²) in [5.74, 6) is -6.69. The van der Waals surface area contributed by atoms with Crippen LogP contribution in [-0.4, -0.2) is 80.2 Å². The number of carbonyl (C=O) groups is 6. The molecule has 4 unspecified atom stereocenters. The lowest BCUT2D eigenvalue weighted by atomic mass is 10.0. The molecule has 0 aliphatic rings. The minimum atomic E-state index is -1.83. The largest absolute Gasteiger partial charge is 0.508 e. The van der Waals surface area contributed by atoms with E-state index in [9.17, 15) is 44.1 Å². The number of carboxylic acids is 2. The SMILES string of the molecule is NC(=O)CCC(NC(=O)C(Cc1ccc(O)cc1)NC(=O)C(N)Cc1ccc(O)cc1)C(=O)NC(CC(=O)O)C(=O)O. The molecule has 0 aliphatic heterocycles. The third kappa shape index (κ3) is 11.1. The number of rotatable bonds is 16. The van der Waals surface area contributed by atoms with E-state index in [0.717, 1.165) is 0 Å². The van der Waals surface area contributed by atoms with Crippen LogP contribution in [0, 0.1) is 0 Å². The fraction of sp³-hybridized carbons (Fsp3) is 0.333. The monoisotopic (exact) mass is 587 g/mol. The predicted octanol–water partition coefficient (Wildman–Crippen LogP) is -1.51. The molecule has 0 radical (unpaired) electrons. The van der Waals surface area contributed by atoms with Crippen LogP contribution in [0.15, 0.2) is 48.5 Å². The molecule has 0 aliphatic carbocycles. The molecule has 0 saturated heterocycles. The first-order valence-corrected chi connectivity index (χ1v) is 12.7. The molecular formula is C27H33N5O10. The van der Waals surface area contributed by atoms with Crippen molar-refractivity contribution >= 4 is 35.6 Å². The Balaban J connectivity index is 2.26. The topological polar surface area (TPSA) is 271 Å². The number of phenols is 2. The average molecular weight is 588 g/mol. The predicted molar refractivity (Wildman–Crippen MR) is 146 cm³/mol. The molecule has 15 nitrogen and oxygen atoms in total. The summed E-state index contributed by atoms with van der Waals surface area (Å²) < 4.78 is 0. The lowest BCUT2D eigenvalue weighted by molar-refractivity contribution is -0.147. The molecule has 0 aromatic heterocycles. The van der Waals surface area contributed by atoms with Crippen LogP contribution in [0.3, 0.4) is 0 Å². The number of nitrogens with one attached hydrogen (secondary N) is 3. The van der Waals surface area contributed by atoms with E-state index in [1.165, 1.54) is 36.4 Å². The lowest BCUT2D eigenvalue weighted by Crippen LogP contribution is -2.58. The van der Waals surface area contributed by atoms with Crippen molar-refractivity contribution in [2.75, 3.05) is 0 Å². The number of primary amides is 1. The summed E-state index contributed by atoms with van der Waals surface area (Å²) in [6.07, 6.45) is -1.75. The fourth-order valence-electron chi connectivity index (χ4n) is 3.81. The summed E-state index contributed by atoms with van der Waals surface area (Å²) in [5.41, 5.74) is 12.4. The maximum atomic E-state index is 13.4. The Hall–Kier alpha value is -5.18. The normalized spacial score (nSPS) is 13.5. The first-order chi connectivity index (χ1) is 19.7. The first kappa shape index (κ1) is 33.0. The Bertz CT molecular complexity index is 1280. The van der Waals surface area contributed by atoms with Gasteiger partial charge in [0.2, 0.25) is 23.6 Å².